The van der Waals surface area contributed by atoms with E-state index >= 15 is 0 Å². The Hall–Kier alpha value is -2.46. The molecule has 0 bridgehead atoms. The predicted octanol–water partition coefficient (Wildman–Crippen LogP) is 3.51. The Morgan fingerprint density at radius 1 is 0.760 bits per heavy atom. The summed E-state index contributed by atoms with van der Waals surface area (Å²) in [5, 5.41) is 0. The summed E-state index contributed by atoms with van der Waals surface area (Å²) in [4.78, 5) is 29.7. The van der Waals surface area contributed by atoms with Crippen molar-refractivity contribution >= 4 is 11.8 Å². The van der Waals surface area contributed by atoms with Crippen LogP contribution < -0.4 is 0 Å². The molecular formula is C21H22N2O2. The average Bonchev–Trinajstić information content (AvgIpc) is 2.93. The van der Waals surface area contributed by atoms with Gasteiger partial charge >= 0.3 is 0 Å². The minimum absolute atomic E-state index is 0.175. The Bertz CT molecular complexity index is 746. The van der Waals surface area contributed by atoms with E-state index in [4.69, 9.17) is 0 Å². The molecule has 128 valence electrons. The number of imide groups is 1. The number of fused-ring (bicyclic) bond motifs is 1. The van der Waals surface area contributed by atoms with Crippen LogP contribution in [0.2, 0.25) is 0 Å². The van der Waals surface area contributed by atoms with Gasteiger partial charge in [-0.25, -0.2) is 0 Å². The highest BCUT2D eigenvalue weighted by molar-refractivity contribution is 6.21. The maximum absolute atomic E-state index is 13.0. The lowest BCUT2D eigenvalue weighted by Gasteiger charge is -2.34. The van der Waals surface area contributed by atoms with Crippen LogP contribution in [-0.4, -0.2) is 41.2 Å². The van der Waals surface area contributed by atoms with Crippen LogP contribution in [0.3, 0.4) is 0 Å². The van der Waals surface area contributed by atoms with Crippen molar-refractivity contribution in [3.8, 4) is 0 Å². The molecule has 0 saturated carbocycles. The Morgan fingerprint density at radius 2 is 1.32 bits per heavy atom. The summed E-state index contributed by atoms with van der Waals surface area (Å²) in [6.45, 7) is 2.77. The fourth-order valence-corrected chi connectivity index (χ4v) is 3.89. The van der Waals surface area contributed by atoms with Gasteiger partial charge < -0.3 is 4.90 Å². The Labute approximate surface area is 148 Å². The van der Waals surface area contributed by atoms with Crippen molar-refractivity contribution in [1.82, 2.24) is 9.80 Å². The zero-order valence-corrected chi connectivity index (χ0v) is 14.2. The Balaban J connectivity index is 1.69. The van der Waals surface area contributed by atoms with E-state index < -0.39 is 0 Å². The van der Waals surface area contributed by atoms with Crippen molar-refractivity contribution in [2.75, 3.05) is 19.6 Å². The van der Waals surface area contributed by atoms with Gasteiger partial charge in [-0.1, -0.05) is 48.9 Å². The number of carbonyl (C=O) groups excluding carboxylic acids is 2. The molecule has 0 aliphatic carbocycles. The summed E-state index contributed by atoms with van der Waals surface area (Å²) in [5.41, 5.74) is 2.06. The van der Waals surface area contributed by atoms with E-state index in [1.165, 1.54) is 24.2 Å². The SMILES string of the molecule is O=C1c2ccccc2C(=O)N1[C@@H](CN1CCCCC1)c1ccccc1. The zero-order valence-electron chi connectivity index (χ0n) is 14.2. The number of piperidine rings is 1. The first-order valence-corrected chi connectivity index (χ1v) is 9.00. The number of nitrogens with zero attached hydrogens (tertiary/aromatic N) is 2. The second-order valence-electron chi connectivity index (χ2n) is 6.81. The fourth-order valence-electron chi connectivity index (χ4n) is 3.89. The molecule has 0 unspecified atom stereocenters. The molecule has 2 aliphatic rings. The van der Waals surface area contributed by atoms with E-state index in [1.807, 2.05) is 42.5 Å². The lowest BCUT2D eigenvalue weighted by molar-refractivity contribution is 0.0530. The number of hydrogen-bond acceptors (Lipinski definition) is 3. The highest BCUT2D eigenvalue weighted by Gasteiger charge is 2.40. The van der Waals surface area contributed by atoms with Gasteiger partial charge in [0.2, 0.25) is 0 Å². The van der Waals surface area contributed by atoms with E-state index in [0.717, 1.165) is 18.7 Å². The highest BCUT2D eigenvalue weighted by atomic mass is 16.2. The summed E-state index contributed by atoms with van der Waals surface area (Å²) in [5.74, 6) is -0.349. The van der Waals surface area contributed by atoms with Gasteiger partial charge in [0.15, 0.2) is 0 Å². The van der Waals surface area contributed by atoms with Crippen LogP contribution in [0.25, 0.3) is 0 Å². The molecule has 0 spiro atoms. The monoisotopic (exact) mass is 334 g/mol. The van der Waals surface area contributed by atoms with Gasteiger partial charge in [0.1, 0.15) is 0 Å². The molecule has 1 atom stereocenters. The average molecular weight is 334 g/mol. The number of amides is 2. The fraction of sp³-hybridized carbons (Fsp3) is 0.333. The Morgan fingerprint density at radius 3 is 1.92 bits per heavy atom. The predicted molar refractivity (Wildman–Crippen MR) is 96.4 cm³/mol. The molecule has 2 aliphatic heterocycles. The van der Waals surface area contributed by atoms with Crippen molar-refractivity contribution in [1.29, 1.82) is 0 Å². The maximum atomic E-state index is 13.0. The number of benzene rings is 2. The van der Waals surface area contributed by atoms with Crippen molar-refractivity contribution < 1.29 is 9.59 Å². The number of likely N-dealkylation sites (tertiary alicyclic amines) is 1. The molecule has 2 amide bonds. The van der Waals surface area contributed by atoms with E-state index in [1.54, 1.807) is 12.1 Å². The minimum atomic E-state index is -0.244. The van der Waals surface area contributed by atoms with Crippen molar-refractivity contribution in [2.24, 2.45) is 0 Å². The van der Waals surface area contributed by atoms with Crippen LogP contribution in [0.15, 0.2) is 54.6 Å². The van der Waals surface area contributed by atoms with Gasteiger partial charge in [-0.2, -0.15) is 0 Å². The molecule has 0 aromatic heterocycles. The van der Waals surface area contributed by atoms with Crippen LogP contribution in [-0.2, 0) is 0 Å². The number of rotatable bonds is 4. The van der Waals surface area contributed by atoms with Gasteiger partial charge in [0.25, 0.3) is 11.8 Å². The molecule has 1 fully saturated rings. The molecule has 4 heteroatoms. The molecule has 2 heterocycles. The van der Waals surface area contributed by atoms with Crippen LogP contribution in [0.4, 0.5) is 0 Å². The number of carbonyl (C=O) groups is 2. The van der Waals surface area contributed by atoms with Crippen LogP contribution >= 0.6 is 0 Å². The summed E-state index contributed by atoms with van der Waals surface area (Å²) in [6, 6.07) is 16.8. The molecule has 2 aromatic rings. The molecule has 2 aromatic carbocycles. The maximum Gasteiger partial charge on any atom is 0.262 e. The largest absolute Gasteiger partial charge is 0.301 e. The van der Waals surface area contributed by atoms with E-state index in [-0.39, 0.29) is 17.9 Å². The summed E-state index contributed by atoms with van der Waals surface area (Å²) < 4.78 is 0. The van der Waals surface area contributed by atoms with Crippen LogP contribution in [0, 0.1) is 0 Å². The van der Waals surface area contributed by atoms with Gasteiger partial charge in [-0.05, 0) is 43.6 Å². The molecule has 1 saturated heterocycles. The zero-order chi connectivity index (χ0) is 17.2. The van der Waals surface area contributed by atoms with Gasteiger partial charge in [0, 0.05) is 6.54 Å². The topological polar surface area (TPSA) is 40.6 Å². The van der Waals surface area contributed by atoms with Gasteiger partial charge in [-0.3, -0.25) is 14.5 Å². The second kappa shape index (κ2) is 6.81. The molecule has 25 heavy (non-hydrogen) atoms. The highest BCUT2D eigenvalue weighted by Crippen LogP contribution is 2.32. The van der Waals surface area contributed by atoms with E-state index in [9.17, 15) is 9.59 Å². The molecule has 0 radical (unpaired) electrons. The summed E-state index contributed by atoms with van der Waals surface area (Å²) >= 11 is 0. The number of hydrogen-bond donors (Lipinski definition) is 0. The molecule has 4 rings (SSSR count). The summed E-state index contributed by atoms with van der Waals surface area (Å²) in [7, 11) is 0. The van der Waals surface area contributed by atoms with Gasteiger partial charge in [-0.15, -0.1) is 0 Å². The second-order valence-corrected chi connectivity index (χ2v) is 6.81. The lowest BCUT2D eigenvalue weighted by Crippen LogP contribution is -2.42. The van der Waals surface area contributed by atoms with E-state index in [0.29, 0.717) is 17.7 Å². The van der Waals surface area contributed by atoms with Crippen molar-refractivity contribution in [3.63, 3.8) is 0 Å². The Kier molecular flexibility index (Phi) is 4.36. The molecule has 4 nitrogen and oxygen atoms in total. The first kappa shape index (κ1) is 16.0. The van der Waals surface area contributed by atoms with Crippen LogP contribution in [0.1, 0.15) is 51.6 Å². The standard InChI is InChI=1S/C21H22N2O2/c24-20-17-11-5-6-12-18(17)21(25)23(20)19(16-9-3-1-4-10-16)15-22-13-7-2-8-14-22/h1,3-6,9-12,19H,2,7-8,13-15H2/t19-/m0/s1. The summed E-state index contributed by atoms with van der Waals surface area (Å²) in [6.07, 6.45) is 3.63. The third-order valence-electron chi connectivity index (χ3n) is 5.20. The molecule has 0 N–H and O–H groups in total. The first-order valence-electron chi connectivity index (χ1n) is 9.00. The van der Waals surface area contributed by atoms with Gasteiger partial charge in [0.05, 0.1) is 17.2 Å². The third kappa shape index (κ3) is 2.98. The van der Waals surface area contributed by atoms with Crippen LogP contribution in [0.5, 0.6) is 0 Å². The minimum Gasteiger partial charge on any atom is -0.301 e. The smallest absolute Gasteiger partial charge is 0.262 e. The quantitative estimate of drug-likeness (QED) is 0.804. The first-order chi connectivity index (χ1) is 12.3. The molecular weight excluding hydrogens is 312 g/mol. The van der Waals surface area contributed by atoms with Crippen molar-refractivity contribution in [3.05, 3.63) is 71.3 Å². The normalized spacial score (nSPS) is 19.1. The van der Waals surface area contributed by atoms with Crippen molar-refractivity contribution in [2.45, 2.75) is 25.3 Å². The lowest BCUT2D eigenvalue weighted by atomic mass is 10.0. The third-order valence-corrected chi connectivity index (χ3v) is 5.20. The van der Waals surface area contributed by atoms with E-state index in [2.05, 4.69) is 4.90 Å².